The molecule has 1 aromatic rings. The second-order valence-electron chi connectivity index (χ2n) is 3.79. The van der Waals surface area contributed by atoms with E-state index in [2.05, 4.69) is 12.3 Å². The molecule has 88 valence electrons. The summed E-state index contributed by atoms with van der Waals surface area (Å²) in [5.74, 6) is -0.541. The highest BCUT2D eigenvalue weighted by Gasteiger charge is 2.40. The van der Waals surface area contributed by atoms with Gasteiger partial charge in [-0.3, -0.25) is 4.79 Å². The number of aryl methyl sites for hydroxylation is 1. The molecule has 1 amide bonds. The van der Waals surface area contributed by atoms with Crippen LogP contribution in [-0.2, 0) is 14.8 Å². The Morgan fingerprint density at radius 3 is 2.35 bits per heavy atom. The van der Waals surface area contributed by atoms with Gasteiger partial charge in [0.2, 0.25) is 0 Å². The molecule has 0 aliphatic carbocycles. The first-order valence-corrected chi connectivity index (χ1v) is 6.43. The van der Waals surface area contributed by atoms with Crippen LogP contribution in [-0.4, -0.2) is 25.2 Å². The summed E-state index contributed by atoms with van der Waals surface area (Å²) in [6, 6.07) is 6.38. The smallest absolute Gasteiger partial charge is 0.268 e. The summed E-state index contributed by atoms with van der Waals surface area (Å²) < 4.78 is 24.9. The molecule has 0 spiro atoms. The molecular weight excluding hydrogens is 238 g/mol. The molecule has 5 heteroatoms. The Morgan fingerprint density at radius 2 is 1.88 bits per heavy atom. The van der Waals surface area contributed by atoms with Gasteiger partial charge >= 0.3 is 0 Å². The maximum atomic E-state index is 12.0. The topological polar surface area (TPSA) is 54.5 Å². The van der Waals surface area contributed by atoms with Crippen LogP contribution >= 0.6 is 0 Å². The molecule has 1 aliphatic rings. The van der Waals surface area contributed by atoms with Crippen molar-refractivity contribution in [2.45, 2.75) is 11.8 Å². The first-order chi connectivity index (χ1) is 7.96. The van der Waals surface area contributed by atoms with E-state index < -0.39 is 15.9 Å². The zero-order chi connectivity index (χ0) is 12.6. The van der Waals surface area contributed by atoms with Gasteiger partial charge in [0.05, 0.1) is 17.0 Å². The molecule has 1 aliphatic heterocycles. The van der Waals surface area contributed by atoms with Crippen molar-refractivity contribution in [1.82, 2.24) is 4.31 Å². The van der Waals surface area contributed by atoms with Crippen molar-refractivity contribution in [3.8, 4) is 0 Å². The molecule has 17 heavy (non-hydrogen) atoms. The number of β-lactam (4-membered cyclic amide) rings is 1. The first kappa shape index (κ1) is 11.6. The highest BCUT2D eigenvalue weighted by Crippen LogP contribution is 2.25. The molecule has 1 aromatic carbocycles. The minimum absolute atomic E-state index is 0.0541. The lowest BCUT2D eigenvalue weighted by molar-refractivity contribution is -0.126. The Morgan fingerprint density at radius 1 is 1.29 bits per heavy atom. The summed E-state index contributed by atoms with van der Waals surface area (Å²) >= 11 is 0. The monoisotopic (exact) mass is 249 g/mol. The number of nitrogens with zero attached hydrogens (tertiary/aromatic N) is 1. The Hall–Kier alpha value is -1.84. The second kappa shape index (κ2) is 3.87. The largest absolute Gasteiger partial charge is 0.273 e. The fraction of sp³-hybridized carbons (Fsp3) is 0.167. The van der Waals surface area contributed by atoms with E-state index in [0.29, 0.717) is 5.57 Å². The van der Waals surface area contributed by atoms with Gasteiger partial charge < -0.3 is 0 Å². The molecule has 0 saturated carbocycles. The minimum atomic E-state index is -3.72. The van der Waals surface area contributed by atoms with Gasteiger partial charge in [-0.05, 0) is 19.1 Å². The minimum Gasteiger partial charge on any atom is -0.268 e. The normalized spacial score (nSPS) is 15.5. The third-order valence-electron chi connectivity index (χ3n) is 2.61. The van der Waals surface area contributed by atoms with Crippen LogP contribution in [0.1, 0.15) is 5.56 Å². The third-order valence-corrected chi connectivity index (χ3v) is 4.35. The van der Waals surface area contributed by atoms with Crippen molar-refractivity contribution in [1.29, 1.82) is 0 Å². The zero-order valence-electron chi connectivity index (χ0n) is 9.30. The molecule has 1 fully saturated rings. The lowest BCUT2D eigenvalue weighted by Gasteiger charge is -2.30. The molecular formula is C12H11NO3S. The summed E-state index contributed by atoms with van der Waals surface area (Å²) in [7, 11) is -3.72. The number of rotatable bonds is 2. The molecule has 0 bridgehead atoms. The van der Waals surface area contributed by atoms with Gasteiger partial charge in [0.15, 0.2) is 0 Å². The van der Waals surface area contributed by atoms with Gasteiger partial charge in [-0.2, -0.15) is 0 Å². The summed E-state index contributed by atoms with van der Waals surface area (Å²) in [6.45, 7) is 5.25. The maximum Gasteiger partial charge on any atom is 0.273 e. The van der Waals surface area contributed by atoms with Gasteiger partial charge in [0.1, 0.15) is 0 Å². The van der Waals surface area contributed by atoms with E-state index in [1.807, 2.05) is 6.92 Å². The molecule has 4 nitrogen and oxygen atoms in total. The number of hydrogen-bond donors (Lipinski definition) is 0. The second-order valence-corrected chi connectivity index (χ2v) is 5.65. The van der Waals surface area contributed by atoms with Gasteiger partial charge in [0, 0.05) is 0 Å². The van der Waals surface area contributed by atoms with E-state index in [-0.39, 0.29) is 11.4 Å². The molecule has 0 unspecified atom stereocenters. The molecule has 0 atom stereocenters. The number of sulfonamides is 1. The van der Waals surface area contributed by atoms with Gasteiger partial charge in [-0.25, -0.2) is 12.7 Å². The quantitative estimate of drug-likeness (QED) is 0.450. The fourth-order valence-corrected chi connectivity index (χ4v) is 2.87. The number of carbonyl (C=O) groups excluding carboxylic acids is 1. The molecule has 0 N–H and O–H groups in total. The van der Waals surface area contributed by atoms with E-state index in [9.17, 15) is 13.2 Å². The lowest BCUT2D eigenvalue weighted by atomic mass is 10.2. The van der Waals surface area contributed by atoms with Crippen LogP contribution in [0.25, 0.3) is 0 Å². The van der Waals surface area contributed by atoms with E-state index in [4.69, 9.17) is 0 Å². The van der Waals surface area contributed by atoms with Crippen molar-refractivity contribution in [3.05, 3.63) is 47.7 Å². The Labute approximate surface area is 99.9 Å². The Balaban J connectivity index is 2.36. The van der Waals surface area contributed by atoms with E-state index in [1.54, 1.807) is 12.1 Å². The summed E-state index contributed by atoms with van der Waals surface area (Å²) in [6.07, 6.45) is 0. The average Bonchev–Trinajstić information content (AvgIpc) is 2.28. The number of benzene rings is 1. The van der Waals surface area contributed by atoms with Crippen molar-refractivity contribution in [2.75, 3.05) is 6.54 Å². The van der Waals surface area contributed by atoms with E-state index in [1.165, 1.54) is 12.1 Å². The van der Waals surface area contributed by atoms with Crippen molar-refractivity contribution >= 4 is 15.9 Å². The predicted octanol–water partition coefficient (Wildman–Crippen LogP) is 1.24. The van der Waals surface area contributed by atoms with Crippen molar-refractivity contribution < 1.29 is 13.2 Å². The first-order valence-electron chi connectivity index (χ1n) is 4.99. The van der Waals surface area contributed by atoms with E-state index >= 15 is 0 Å². The summed E-state index contributed by atoms with van der Waals surface area (Å²) in [5.41, 5.74) is 3.69. The van der Waals surface area contributed by atoms with Crippen molar-refractivity contribution in [2.24, 2.45) is 0 Å². The number of amides is 1. The number of carbonyl (C=O) groups is 1. The highest BCUT2D eigenvalue weighted by molar-refractivity contribution is 7.89. The highest BCUT2D eigenvalue weighted by atomic mass is 32.2. The van der Waals surface area contributed by atoms with Crippen LogP contribution < -0.4 is 0 Å². The summed E-state index contributed by atoms with van der Waals surface area (Å²) in [4.78, 5) is 11.6. The Bertz CT molecular complexity index is 622. The molecule has 2 rings (SSSR count). The molecule has 1 saturated heterocycles. The molecule has 0 aromatic heterocycles. The average molecular weight is 249 g/mol. The molecule has 0 radical (unpaired) electrons. The SMILES string of the molecule is C=C=C1CN(S(=O)(=O)c2ccc(C)cc2)C1=O. The van der Waals surface area contributed by atoms with Gasteiger partial charge in [0.25, 0.3) is 15.9 Å². The zero-order valence-corrected chi connectivity index (χ0v) is 10.1. The van der Waals surface area contributed by atoms with Crippen molar-refractivity contribution in [3.63, 3.8) is 0 Å². The standard InChI is InChI=1S/C12H11NO3S/c1-3-10-8-13(12(10)14)17(15,16)11-6-4-9(2)5-7-11/h4-7H,1,8H2,2H3. The van der Waals surface area contributed by atoms with Gasteiger partial charge in [-0.1, -0.05) is 24.3 Å². The van der Waals surface area contributed by atoms with Crippen LogP contribution in [0.15, 0.2) is 47.0 Å². The third kappa shape index (κ3) is 1.79. The fourth-order valence-electron chi connectivity index (χ4n) is 1.51. The molecule has 1 heterocycles. The summed E-state index contributed by atoms with van der Waals surface area (Å²) in [5, 5.41) is 0. The number of hydrogen-bond acceptors (Lipinski definition) is 3. The van der Waals surface area contributed by atoms with Crippen LogP contribution in [0.5, 0.6) is 0 Å². The van der Waals surface area contributed by atoms with Crippen LogP contribution in [0.2, 0.25) is 0 Å². The van der Waals surface area contributed by atoms with Crippen LogP contribution in [0, 0.1) is 6.92 Å². The lowest BCUT2D eigenvalue weighted by Crippen LogP contribution is -2.49. The van der Waals surface area contributed by atoms with Gasteiger partial charge in [-0.15, -0.1) is 5.73 Å². The van der Waals surface area contributed by atoms with E-state index in [0.717, 1.165) is 9.87 Å². The maximum absolute atomic E-state index is 12.0. The predicted molar refractivity (Wildman–Crippen MR) is 62.7 cm³/mol. The van der Waals surface area contributed by atoms with Crippen LogP contribution in [0.4, 0.5) is 0 Å². The van der Waals surface area contributed by atoms with Crippen LogP contribution in [0.3, 0.4) is 0 Å². The Kier molecular flexibility index (Phi) is 2.65.